The largest absolute Gasteiger partial charge is 0.457 e. The molecule has 0 N–H and O–H groups in total. The fourth-order valence-electron chi connectivity index (χ4n) is 7.71. The minimum atomic E-state index is -0.0965. The molecule has 4 atom stereocenters. The summed E-state index contributed by atoms with van der Waals surface area (Å²) in [5.74, 6) is 5.59. The van der Waals surface area contributed by atoms with Crippen LogP contribution in [0.1, 0.15) is 101 Å². The molecule has 5 aliphatic rings. The minimum Gasteiger partial charge on any atom is -0.457 e. The first-order valence-corrected chi connectivity index (χ1v) is 16.3. The lowest BCUT2D eigenvalue weighted by Crippen LogP contribution is -2.21. The lowest BCUT2D eigenvalue weighted by Gasteiger charge is -2.33. The van der Waals surface area contributed by atoms with Gasteiger partial charge in [0.25, 0.3) is 0 Å². The molecule has 0 unspecified atom stereocenters. The molecule has 0 spiro atoms. The summed E-state index contributed by atoms with van der Waals surface area (Å²) in [6.07, 6.45) is 0. The standard InChI is InChI=1S/C37H33ClO8/c1-17-21-5-22-18(2)24-7-26-20(4)28-8-27-19(3)25-6-23(17)32-10-34(25)43-15-45-36(27)29(12-38)37(28)46-16-44-35(26)11-33(24)42-14-40-31(22)9-30(21)39-13-41-32/h5-11,17-20H,12-16H2,1-4H3/t17-,18+,19-,20+. The van der Waals surface area contributed by atoms with Crippen LogP contribution in [0, 0.1) is 0 Å². The summed E-state index contributed by atoms with van der Waals surface area (Å²) in [5, 5.41) is 0. The molecule has 46 heavy (non-hydrogen) atoms. The van der Waals surface area contributed by atoms with Gasteiger partial charge < -0.3 is 37.9 Å². The van der Waals surface area contributed by atoms with Gasteiger partial charge in [-0.2, -0.15) is 0 Å². The van der Waals surface area contributed by atoms with Gasteiger partial charge in [0.1, 0.15) is 46.0 Å². The molecule has 236 valence electrons. The maximum Gasteiger partial charge on any atom is 0.230 e. The normalized spacial score (nSPS) is 22.7. The highest BCUT2D eigenvalue weighted by Gasteiger charge is 2.35. The van der Waals surface area contributed by atoms with Crippen LogP contribution < -0.4 is 37.9 Å². The SMILES string of the molecule is C[C@@H]1c2cc3c4cc2OCOc2cc5c(cc21)[C@@H](C)c1cc2c(c(CCl)c1OCO5)OCOc1cc(c(cc1[C@@H]2C)[C@H]3C)OCO4. The summed E-state index contributed by atoms with van der Waals surface area (Å²) < 4.78 is 50.1. The molecule has 0 aromatic heterocycles. The van der Waals surface area contributed by atoms with Gasteiger partial charge in [-0.05, 0) is 24.3 Å². The molecule has 0 saturated heterocycles. The van der Waals surface area contributed by atoms with E-state index in [1.807, 2.05) is 18.2 Å². The molecule has 4 aliphatic heterocycles. The Kier molecular flexibility index (Phi) is 6.23. The fraction of sp³-hybridized carbons (Fsp3) is 0.351. The zero-order chi connectivity index (χ0) is 31.3. The first-order chi connectivity index (χ1) is 22.4. The number of halogens is 1. The lowest BCUT2D eigenvalue weighted by atomic mass is 9.80. The molecular formula is C37H33ClO8. The summed E-state index contributed by atoms with van der Waals surface area (Å²) in [6.45, 7) is 8.86. The Hall–Kier alpha value is -4.43. The summed E-state index contributed by atoms with van der Waals surface area (Å²) in [7, 11) is 0. The summed E-state index contributed by atoms with van der Waals surface area (Å²) in [5.41, 5.74) is 9.18. The molecule has 0 radical (unpaired) electrons. The molecule has 8 nitrogen and oxygen atoms in total. The first-order valence-electron chi connectivity index (χ1n) is 15.7. The monoisotopic (exact) mass is 640 g/mol. The average Bonchev–Trinajstić information content (AvgIpc) is 3.04. The summed E-state index contributed by atoms with van der Waals surface area (Å²) in [4.78, 5) is 0. The number of alkyl halides is 1. The van der Waals surface area contributed by atoms with Crippen LogP contribution in [0.4, 0.5) is 0 Å². The van der Waals surface area contributed by atoms with Crippen LogP contribution in [0.15, 0.2) is 42.5 Å². The van der Waals surface area contributed by atoms with Crippen molar-refractivity contribution in [3.8, 4) is 46.0 Å². The average molecular weight is 641 g/mol. The van der Waals surface area contributed by atoms with Crippen molar-refractivity contribution in [2.45, 2.75) is 57.2 Å². The van der Waals surface area contributed by atoms with Crippen molar-refractivity contribution in [1.82, 2.24) is 0 Å². The van der Waals surface area contributed by atoms with Crippen LogP contribution in [-0.4, -0.2) is 27.2 Å². The Morgan fingerprint density at radius 2 is 0.674 bits per heavy atom. The molecule has 0 saturated carbocycles. The maximum atomic E-state index is 6.70. The van der Waals surface area contributed by atoms with E-state index < -0.39 is 0 Å². The zero-order valence-corrected chi connectivity index (χ0v) is 26.8. The second kappa shape index (κ2) is 10.3. The van der Waals surface area contributed by atoms with Crippen LogP contribution >= 0.6 is 11.6 Å². The van der Waals surface area contributed by atoms with Crippen LogP contribution in [0.25, 0.3) is 0 Å². The van der Waals surface area contributed by atoms with Crippen molar-refractivity contribution in [2.75, 3.05) is 27.2 Å². The fourth-order valence-corrected chi connectivity index (χ4v) is 7.95. The predicted octanol–water partition coefficient (Wildman–Crippen LogP) is 8.26. The van der Waals surface area contributed by atoms with Gasteiger partial charge >= 0.3 is 0 Å². The van der Waals surface area contributed by atoms with E-state index in [2.05, 4.69) is 52.0 Å². The van der Waals surface area contributed by atoms with Gasteiger partial charge in [0, 0.05) is 86.4 Å². The van der Waals surface area contributed by atoms with E-state index in [1.54, 1.807) is 0 Å². The summed E-state index contributed by atoms with van der Waals surface area (Å²) in [6, 6.07) is 14.8. The quantitative estimate of drug-likeness (QED) is 0.193. The molecule has 1 aliphatic carbocycles. The van der Waals surface area contributed by atoms with E-state index in [-0.39, 0.29) is 56.7 Å². The van der Waals surface area contributed by atoms with Gasteiger partial charge in [0.2, 0.25) is 27.2 Å². The molecule has 9 rings (SSSR count). The summed E-state index contributed by atoms with van der Waals surface area (Å²) >= 11 is 6.70. The minimum absolute atomic E-state index is 0.00805. The third-order valence-corrected chi connectivity index (χ3v) is 10.6. The number of ether oxygens (including phenoxy) is 8. The number of hydrogen-bond donors (Lipinski definition) is 0. The second-order valence-corrected chi connectivity index (χ2v) is 12.9. The van der Waals surface area contributed by atoms with Gasteiger partial charge in [0.15, 0.2) is 0 Å². The Morgan fingerprint density at radius 1 is 0.413 bits per heavy atom. The van der Waals surface area contributed by atoms with E-state index in [0.717, 1.165) is 73.1 Å². The highest BCUT2D eigenvalue weighted by Crippen LogP contribution is 2.53. The van der Waals surface area contributed by atoms with Crippen LogP contribution in [-0.2, 0) is 5.88 Å². The molecular weight excluding hydrogens is 608 g/mol. The highest BCUT2D eigenvalue weighted by atomic mass is 35.5. The van der Waals surface area contributed by atoms with Crippen molar-refractivity contribution in [2.24, 2.45) is 0 Å². The Morgan fingerprint density at radius 3 is 0.978 bits per heavy atom. The van der Waals surface area contributed by atoms with Crippen LogP contribution in [0.5, 0.6) is 46.0 Å². The van der Waals surface area contributed by atoms with E-state index in [0.29, 0.717) is 23.0 Å². The van der Waals surface area contributed by atoms with E-state index >= 15 is 0 Å². The van der Waals surface area contributed by atoms with Gasteiger partial charge in [-0.1, -0.05) is 27.7 Å². The number of rotatable bonds is 1. The van der Waals surface area contributed by atoms with Crippen molar-refractivity contribution >= 4 is 11.6 Å². The van der Waals surface area contributed by atoms with Gasteiger partial charge in [-0.3, -0.25) is 0 Å². The molecule has 4 aromatic carbocycles. The molecule has 9 heteroatoms. The Labute approximate surface area is 272 Å². The van der Waals surface area contributed by atoms with Crippen LogP contribution in [0.2, 0.25) is 0 Å². The second-order valence-electron chi connectivity index (χ2n) is 12.6. The van der Waals surface area contributed by atoms with Gasteiger partial charge in [-0.15, -0.1) is 11.6 Å². The van der Waals surface area contributed by atoms with Crippen molar-refractivity contribution in [3.05, 3.63) is 92.5 Å². The number of hydrogen-bond acceptors (Lipinski definition) is 8. The molecule has 8 bridgehead atoms. The zero-order valence-electron chi connectivity index (χ0n) is 26.0. The third kappa shape index (κ3) is 3.98. The molecule has 0 fully saturated rings. The maximum absolute atomic E-state index is 6.70. The Balaban J connectivity index is 1.40. The number of benzene rings is 4. The highest BCUT2D eigenvalue weighted by molar-refractivity contribution is 6.17. The van der Waals surface area contributed by atoms with Gasteiger partial charge in [0.05, 0.1) is 11.4 Å². The van der Waals surface area contributed by atoms with E-state index in [9.17, 15) is 0 Å². The first kappa shape index (κ1) is 27.8. The van der Waals surface area contributed by atoms with Crippen molar-refractivity contribution in [1.29, 1.82) is 0 Å². The third-order valence-electron chi connectivity index (χ3n) is 10.4. The Bertz CT molecular complexity index is 1810. The van der Waals surface area contributed by atoms with Crippen molar-refractivity contribution < 1.29 is 37.9 Å². The van der Waals surface area contributed by atoms with E-state index in [4.69, 9.17) is 49.5 Å². The molecule has 4 heterocycles. The predicted molar refractivity (Wildman–Crippen MR) is 170 cm³/mol. The smallest absolute Gasteiger partial charge is 0.230 e. The molecule has 4 aromatic rings. The van der Waals surface area contributed by atoms with E-state index in [1.165, 1.54) is 0 Å². The van der Waals surface area contributed by atoms with Gasteiger partial charge in [-0.25, -0.2) is 0 Å². The lowest BCUT2D eigenvalue weighted by molar-refractivity contribution is 0.0984. The topological polar surface area (TPSA) is 73.8 Å². The molecule has 0 amide bonds. The van der Waals surface area contributed by atoms with Crippen LogP contribution in [0.3, 0.4) is 0 Å². The van der Waals surface area contributed by atoms with Crippen molar-refractivity contribution in [3.63, 3.8) is 0 Å².